The molecule has 0 fully saturated rings. The minimum absolute atomic E-state index is 0.128. The molecule has 0 spiro atoms. The van der Waals surface area contributed by atoms with E-state index in [4.69, 9.17) is 19.3 Å². The summed E-state index contributed by atoms with van der Waals surface area (Å²) in [4.78, 5) is 45.8. The Morgan fingerprint density at radius 3 is 1.95 bits per heavy atom. The number of carboxylic acids is 1. The smallest absolute Gasteiger partial charge is 0.336 e. The standard InChI is InChI=1S/C17H18N2O6.C10H10O3/c1-9-13(16(20)24-3)15(14(10(2)18-9)17(21)25-4)11-7-5-6-8-12(11)19(22)23;1-13-9-5-3-2-4-8(9)6-7-10(11)12/h5-8,15,18H,1-4H3;2-7H,1H3,(H,11,12). The number of hydrogen-bond donors (Lipinski definition) is 2. The van der Waals surface area contributed by atoms with Crippen LogP contribution in [-0.4, -0.2) is 49.3 Å². The van der Waals surface area contributed by atoms with Gasteiger partial charge >= 0.3 is 17.9 Å². The quantitative estimate of drug-likeness (QED) is 0.235. The normalized spacial score (nSPS) is 13.3. The molecular formula is C27H28N2O9. The lowest BCUT2D eigenvalue weighted by molar-refractivity contribution is -0.385. The first-order valence-electron chi connectivity index (χ1n) is 11.2. The van der Waals surface area contributed by atoms with Crippen LogP contribution in [0, 0.1) is 10.1 Å². The average molecular weight is 525 g/mol. The van der Waals surface area contributed by atoms with Gasteiger partial charge in [0.1, 0.15) is 5.75 Å². The van der Waals surface area contributed by atoms with Gasteiger partial charge in [-0.1, -0.05) is 36.4 Å². The topological polar surface area (TPSA) is 154 Å². The number of benzene rings is 2. The first-order chi connectivity index (χ1) is 18.1. The molecule has 0 aromatic heterocycles. The maximum Gasteiger partial charge on any atom is 0.336 e. The number of nitrogens with zero attached hydrogens (tertiary/aromatic N) is 1. The summed E-state index contributed by atoms with van der Waals surface area (Å²) in [5.74, 6) is -2.63. The molecule has 0 aliphatic carbocycles. The van der Waals surface area contributed by atoms with Crippen molar-refractivity contribution in [3.05, 3.63) is 98.4 Å². The number of nitrogens with one attached hydrogen (secondary N) is 1. The third kappa shape index (κ3) is 6.84. The molecule has 1 aliphatic rings. The third-order valence-corrected chi connectivity index (χ3v) is 5.56. The summed E-state index contributed by atoms with van der Waals surface area (Å²) in [6.07, 6.45) is 2.58. The number of nitro benzene ring substituents is 1. The highest BCUT2D eigenvalue weighted by Gasteiger charge is 2.40. The van der Waals surface area contributed by atoms with Crippen LogP contribution in [0.15, 0.2) is 77.1 Å². The highest BCUT2D eigenvalue weighted by atomic mass is 16.6. The van der Waals surface area contributed by atoms with Gasteiger partial charge in [-0.25, -0.2) is 14.4 Å². The second-order valence-corrected chi connectivity index (χ2v) is 7.85. The number of esters is 2. The average Bonchev–Trinajstić information content (AvgIpc) is 2.91. The molecule has 0 saturated carbocycles. The van der Waals surface area contributed by atoms with Crippen LogP contribution >= 0.6 is 0 Å². The van der Waals surface area contributed by atoms with Crippen molar-refractivity contribution >= 4 is 29.7 Å². The molecule has 2 aromatic rings. The van der Waals surface area contributed by atoms with Crippen LogP contribution in [0.1, 0.15) is 30.9 Å². The Hall–Kier alpha value is -4.93. The number of allylic oxidation sites excluding steroid dienone is 2. The van der Waals surface area contributed by atoms with E-state index in [1.54, 1.807) is 39.2 Å². The number of carboxylic acid groups (broad SMARTS) is 1. The molecule has 11 nitrogen and oxygen atoms in total. The van der Waals surface area contributed by atoms with Gasteiger partial charge in [0.2, 0.25) is 0 Å². The Balaban J connectivity index is 0.000000328. The van der Waals surface area contributed by atoms with Crippen LogP contribution in [0.25, 0.3) is 6.08 Å². The molecule has 0 unspecified atom stereocenters. The van der Waals surface area contributed by atoms with Gasteiger partial charge in [-0.2, -0.15) is 0 Å². The van der Waals surface area contributed by atoms with E-state index in [1.807, 2.05) is 12.1 Å². The van der Waals surface area contributed by atoms with Crippen molar-refractivity contribution in [3.8, 4) is 5.75 Å². The maximum atomic E-state index is 12.3. The van der Waals surface area contributed by atoms with E-state index in [2.05, 4.69) is 5.32 Å². The molecule has 0 atom stereocenters. The van der Waals surface area contributed by atoms with Gasteiger partial charge in [-0.15, -0.1) is 0 Å². The van der Waals surface area contributed by atoms with Gasteiger partial charge in [0.15, 0.2) is 0 Å². The van der Waals surface area contributed by atoms with Crippen LogP contribution in [-0.2, 0) is 23.9 Å². The van der Waals surface area contributed by atoms with Crippen LogP contribution < -0.4 is 10.1 Å². The van der Waals surface area contributed by atoms with E-state index in [0.29, 0.717) is 17.1 Å². The van der Waals surface area contributed by atoms with Crippen LogP contribution in [0.4, 0.5) is 5.69 Å². The van der Waals surface area contributed by atoms with Crippen LogP contribution in [0.2, 0.25) is 0 Å². The third-order valence-electron chi connectivity index (χ3n) is 5.56. The minimum atomic E-state index is -0.970. The zero-order chi connectivity index (χ0) is 28.4. The monoisotopic (exact) mass is 524 g/mol. The zero-order valence-corrected chi connectivity index (χ0v) is 21.5. The van der Waals surface area contributed by atoms with Gasteiger partial charge in [0.25, 0.3) is 5.69 Å². The Kier molecular flexibility index (Phi) is 10.3. The lowest BCUT2D eigenvalue weighted by Crippen LogP contribution is -2.32. The summed E-state index contributed by atoms with van der Waals surface area (Å²) in [6, 6.07) is 13.2. The lowest BCUT2D eigenvalue weighted by Gasteiger charge is -2.29. The number of aliphatic carboxylic acids is 1. The van der Waals surface area contributed by atoms with Crippen molar-refractivity contribution in [2.45, 2.75) is 19.8 Å². The van der Waals surface area contributed by atoms with E-state index in [0.717, 1.165) is 11.6 Å². The Morgan fingerprint density at radius 1 is 0.921 bits per heavy atom. The Morgan fingerprint density at radius 2 is 1.45 bits per heavy atom. The molecular weight excluding hydrogens is 496 g/mol. The fourth-order valence-electron chi connectivity index (χ4n) is 3.93. The molecule has 1 aliphatic heterocycles. The summed E-state index contributed by atoms with van der Waals surface area (Å²) in [5.41, 5.74) is 1.95. The van der Waals surface area contributed by atoms with Crippen LogP contribution in [0.5, 0.6) is 5.75 Å². The molecule has 0 saturated heterocycles. The highest BCUT2D eigenvalue weighted by molar-refractivity contribution is 6.00. The summed E-state index contributed by atoms with van der Waals surface area (Å²) >= 11 is 0. The predicted octanol–water partition coefficient (Wildman–Crippen LogP) is 3.97. The molecule has 1 heterocycles. The SMILES string of the molecule is COC(=O)C1=C(C)NC(C)=C(C(=O)OC)C1c1ccccc1[N+](=O)[O-].COc1ccccc1C=CC(=O)O. The van der Waals surface area contributed by atoms with Gasteiger partial charge in [-0.05, 0) is 26.0 Å². The number of ether oxygens (including phenoxy) is 3. The van der Waals surface area contributed by atoms with Crippen molar-refractivity contribution in [2.75, 3.05) is 21.3 Å². The Labute approximate surface area is 219 Å². The first-order valence-corrected chi connectivity index (χ1v) is 11.2. The van der Waals surface area contributed by atoms with Gasteiger partial charge in [-0.3, -0.25) is 10.1 Å². The summed E-state index contributed by atoms with van der Waals surface area (Å²) in [5, 5.41) is 22.8. The number of nitro groups is 1. The second-order valence-electron chi connectivity index (χ2n) is 7.85. The number of hydrogen-bond acceptors (Lipinski definition) is 9. The summed E-state index contributed by atoms with van der Waals surface area (Å²) in [6.45, 7) is 3.29. The molecule has 2 N–H and O–H groups in total. The Bertz CT molecular complexity index is 1290. The summed E-state index contributed by atoms with van der Waals surface area (Å²) < 4.78 is 14.7. The molecule has 3 rings (SSSR count). The summed E-state index contributed by atoms with van der Waals surface area (Å²) in [7, 11) is 3.97. The minimum Gasteiger partial charge on any atom is -0.496 e. The number of carbonyl (C=O) groups excluding carboxylic acids is 2. The van der Waals surface area contributed by atoms with Crippen molar-refractivity contribution in [1.82, 2.24) is 5.32 Å². The molecule has 2 aromatic carbocycles. The number of dihydropyridines is 1. The van der Waals surface area contributed by atoms with Gasteiger partial charge in [0, 0.05) is 34.7 Å². The van der Waals surface area contributed by atoms with Crippen molar-refractivity contribution in [2.24, 2.45) is 0 Å². The van der Waals surface area contributed by atoms with E-state index < -0.39 is 28.7 Å². The van der Waals surface area contributed by atoms with Gasteiger partial charge < -0.3 is 24.6 Å². The number of methoxy groups -OCH3 is 3. The van der Waals surface area contributed by atoms with Crippen molar-refractivity contribution in [3.63, 3.8) is 0 Å². The van der Waals surface area contributed by atoms with Crippen molar-refractivity contribution in [1.29, 1.82) is 0 Å². The lowest BCUT2D eigenvalue weighted by atomic mass is 9.79. The molecule has 200 valence electrons. The van der Waals surface area contributed by atoms with E-state index >= 15 is 0 Å². The first kappa shape index (κ1) is 29.3. The molecule has 0 bridgehead atoms. The highest BCUT2D eigenvalue weighted by Crippen LogP contribution is 2.42. The fraction of sp³-hybridized carbons (Fsp3) is 0.222. The number of para-hydroxylation sites is 2. The molecule has 0 radical (unpaired) electrons. The molecule has 11 heteroatoms. The zero-order valence-electron chi connectivity index (χ0n) is 21.5. The predicted molar refractivity (Wildman–Crippen MR) is 138 cm³/mol. The number of rotatable bonds is 7. The van der Waals surface area contributed by atoms with Crippen molar-refractivity contribution < 1.29 is 38.6 Å². The van der Waals surface area contributed by atoms with E-state index in [-0.39, 0.29) is 22.4 Å². The maximum absolute atomic E-state index is 12.3. The van der Waals surface area contributed by atoms with E-state index in [9.17, 15) is 24.5 Å². The largest absolute Gasteiger partial charge is 0.496 e. The molecule has 38 heavy (non-hydrogen) atoms. The fourth-order valence-corrected chi connectivity index (χ4v) is 3.93. The van der Waals surface area contributed by atoms with E-state index in [1.165, 1.54) is 38.5 Å². The van der Waals surface area contributed by atoms with Crippen LogP contribution in [0.3, 0.4) is 0 Å². The molecule has 0 amide bonds. The second kappa shape index (κ2) is 13.4. The number of carbonyl (C=O) groups is 3. The van der Waals surface area contributed by atoms with Gasteiger partial charge in [0.05, 0.1) is 43.3 Å².